The first-order chi connectivity index (χ1) is 9.56. The van der Waals surface area contributed by atoms with E-state index < -0.39 is 10.0 Å². The largest absolute Gasteiger partial charge is 0.354 e. The Kier molecular flexibility index (Phi) is 6.87. The van der Waals surface area contributed by atoms with Crippen molar-refractivity contribution in [2.45, 2.75) is 44.9 Å². The highest BCUT2D eigenvalue weighted by Gasteiger charge is 2.23. The molecule has 0 atom stereocenters. The molecule has 0 aliphatic carbocycles. The summed E-state index contributed by atoms with van der Waals surface area (Å²) in [5, 5.41) is 3.02. The molecule has 0 saturated heterocycles. The number of hydrogen-bond donors (Lipinski definition) is 1. The minimum absolute atomic E-state index is 0.150. The predicted molar refractivity (Wildman–Crippen MR) is 80.2 cm³/mol. The fourth-order valence-corrected chi connectivity index (χ4v) is 3.09. The van der Waals surface area contributed by atoms with Crippen LogP contribution in [0.2, 0.25) is 0 Å². The van der Waals surface area contributed by atoms with Gasteiger partial charge in [-0.2, -0.15) is 4.31 Å². The topological polar surface area (TPSA) is 75.2 Å². The molecule has 0 bridgehead atoms. The Morgan fingerprint density at radius 2 is 1.80 bits per heavy atom. The van der Waals surface area contributed by atoms with E-state index in [1.54, 1.807) is 0 Å². The minimum atomic E-state index is -3.48. The Labute approximate surface area is 121 Å². The third-order valence-electron chi connectivity index (χ3n) is 2.91. The van der Waals surface area contributed by atoms with Crippen LogP contribution in [0.15, 0.2) is 17.3 Å². The molecule has 0 amide bonds. The van der Waals surface area contributed by atoms with Crippen LogP contribution < -0.4 is 5.32 Å². The van der Waals surface area contributed by atoms with E-state index >= 15 is 0 Å². The number of unbranched alkanes of at least 4 members (excludes halogenated alkanes) is 1. The van der Waals surface area contributed by atoms with Crippen molar-refractivity contribution in [3.63, 3.8) is 0 Å². The summed E-state index contributed by atoms with van der Waals surface area (Å²) in [4.78, 5) is 8.25. The van der Waals surface area contributed by atoms with Crippen LogP contribution in [-0.2, 0) is 10.0 Å². The minimum Gasteiger partial charge on any atom is -0.354 e. The zero-order valence-electron chi connectivity index (χ0n) is 12.5. The number of nitrogens with one attached hydrogen (secondary N) is 1. The van der Waals surface area contributed by atoms with Gasteiger partial charge in [-0.1, -0.05) is 27.2 Å². The molecule has 0 aliphatic heterocycles. The molecule has 1 rings (SSSR count). The van der Waals surface area contributed by atoms with Gasteiger partial charge in [0.25, 0.3) is 0 Å². The van der Waals surface area contributed by atoms with Gasteiger partial charge < -0.3 is 5.32 Å². The average molecular weight is 300 g/mol. The molecule has 0 saturated carbocycles. The van der Waals surface area contributed by atoms with E-state index in [0.29, 0.717) is 19.0 Å². The lowest BCUT2D eigenvalue weighted by molar-refractivity contribution is 0.418. The molecule has 0 spiro atoms. The molecule has 1 heterocycles. The third-order valence-corrected chi connectivity index (χ3v) is 4.84. The second-order valence-electron chi connectivity index (χ2n) is 4.52. The molecule has 0 fully saturated rings. The number of anilines is 1. The van der Waals surface area contributed by atoms with Crippen LogP contribution in [0.25, 0.3) is 0 Å². The van der Waals surface area contributed by atoms with E-state index in [2.05, 4.69) is 15.3 Å². The summed E-state index contributed by atoms with van der Waals surface area (Å²) in [5.74, 6) is 0.461. The molecule has 0 aromatic carbocycles. The third kappa shape index (κ3) is 4.42. The van der Waals surface area contributed by atoms with Crippen molar-refractivity contribution in [3.8, 4) is 0 Å². The van der Waals surface area contributed by atoms with E-state index in [0.717, 1.165) is 25.8 Å². The van der Waals surface area contributed by atoms with E-state index in [1.807, 2.05) is 20.8 Å². The quantitative estimate of drug-likeness (QED) is 0.756. The van der Waals surface area contributed by atoms with Gasteiger partial charge in [-0.15, -0.1) is 0 Å². The van der Waals surface area contributed by atoms with Gasteiger partial charge >= 0.3 is 0 Å². The summed E-state index contributed by atoms with van der Waals surface area (Å²) < 4.78 is 26.3. The van der Waals surface area contributed by atoms with Crippen molar-refractivity contribution in [1.82, 2.24) is 14.3 Å². The summed E-state index contributed by atoms with van der Waals surface area (Å²) in [6, 6.07) is 0. The van der Waals surface area contributed by atoms with Crippen molar-refractivity contribution >= 4 is 16.0 Å². The smallest absolute Gasteiger partial charge is 0.246 e. The van der Waals surface area contributed by atoms with Crippen LogP contribution >= 0.6 is 0 Å². The van der Waals surface area contributed by atoms with Gasteiger partial charge in [0.15, 0.2) is 0 Å². The molecule has 0 unspecified atom stereocenters. The van der Waals surface area contributed by atoms with Crippen LogP contribution in [0.4, 0.5) is 5.95 Å². The van der Waals surface area contributed by atoms with Gasteiger partial charge in [0.05, 0.1) is 12.4 Å². The molecule has 1 aromatic heterocycles. The normalized spacial score (nSPS) is 11.8. The van der Waals surface area contributed by atoms with Crippen LogP contribution in [-0.4, -0.2) is 42.3 Å². The van der Waals surface area contributed by atoms with Crippen molar-refractivity contribution in [2.24, 2.45) is 0 Å². The number of aromatic nitrogens is 2. The average Bonchev–Trinajstić information content (AvgIpc) is 2.46. The van der Waals surface area contributed by atoms with Crippen molar-refractivity contribution in [2.75, 3.05) is 25.0 Å². The fraction of sp³-hybridized carbons (Fsp3) is 0.692. The number of hydrogen-bond acceptors (Lipinski definition) is 5. The first-order valence-electron chi connectivity index (χ1n) is 7.12. The molecule has 114 valence electrons. The Hall–Kier alpha value is -1.21. The Morgan fingerprint density at radius 3 is 2.30 bits per heavy atom. The van der Waals surface area contributed by atoms with Crippen LogP contribution in [0.3, 0.4) is 0 Å². The summed E-state index contributed by atoms with van der Waals surface area (Å²) in [6.45, 7) is 7.68. The fourth-order valence-electron chi connectivity index (χ4n) is 1.71. The molecule has 20 heavy (non-hydrogen) atoms. The Balaban J connectivity index is 2.85. The van der Waals surface area contributed by atoms with E-state index in [1.165, 1.54) is 16.7 Å². The zero-order valence-corrected chi connectivity index (χ0v) is 13.3. The molecule has 0 radical (unpaired) electrons. The van der Waals surface area contributed by atoms with Crippen LogP contribution in [0, 0.1) is 0 Å². The van der Waals surface area contributed by atoms with E-state index in [4.69, 9.17) is 0 Å². The van der Waals surface area contributed by atoms with Gasteiger partial charge in [0, 0.05) is 19.6 Å². The SMILES string of the molecule is CCCCN(CC)S(=O)(=O)c1cnc(NCCC)nc1. The first-order valence-corrected chi connectivity index (χ1v) is 8.56. The Morgan fingerprint density at radius 1 is 1.15 bits per heavy atom. The highest BCUT2D eigenvalue weighted by molar-refractivity contribution is 7.89. The summed E-state index contributed by atoms with van der Waals surface area (Å²) in [6.07, 6.45) is 5.51. The van der Waals surface area contributed by atoms with Crippen LogP contribution in [0.5, 0.6) is 0 Å². The van der Waals surface area contributed by atoms with Gasteiger partial charge in [-0.3, -0.25) is 0 Å². The molecular weight excluding hydrogens is 276 g/mol. The maximum atomic E-state index is 12.4. The lowest BCUT2D eigenvalue weighted by atomic mass is 10.3. The van der Waals surface area contributed by atoms with E-state index in [9.17, 15) is 8.42 Å². The van der Waals surface area contributed by atoms with Crippen molar-refractivity contribution in [1.29, 1.82) is 0 Å². The lowest BCUT2D eigenvalue weighted by Gasteiger charge is -2.19. The van der Waals surface area contributed by atoms with Crippen LogP contribution in [0.1, 0.15) is 40.0 Å². The number of rotatable bonds is 9. The number of sulfonamides is 1. The van der Waals surface area contributed by atoms with Crippen molar-refractivity contribution in [3.05, 3.63) is 12.4 Å². The maximum absolute atomic E-state index is 12.4. The second kappa shape index (κ2) is 8.16. The molecule has 7 heteroatoms. The molecular formula is C13H24N4O2S. The second-order valence-corrected chi connectivity index (χ2v) is 6.46. The summed E-state index contributed by atoms with van der Waals surface area (Å²) in [7, 11) is -3.48. The molecule has 1 aromatic rings. The van der Waals surface area contributed by atoms with Gasteiger partial charge in [-0.05, 0) is 12.8 Å². The van der Waals surface area contributed by atoms with Crippen molar-refractivity contribution < 1.29 is 8.42 Å². The predicted octanol–water partition coefficient (Wildman–Crippen LogP) is 2.11. The Bertz CT molecular complexity index is 488. The number of nitrogens with zero attached hydrogens (tertiary/aromatic N) is 3. The van der Waals surface area contributed by atoms with Gasteiger partial charge in [-0.25, -0.2) is 18.4 Å². The highest BCUT2D eigenvalue weighted by Crippen LogP contribution is 2.15. The highest BCUT2D eigenvalue weighted by atomic mass is 32.2. The first kappa shape index (κ1) is 16.8. The lowest BCUT2D eigenvalue weighted by Crippen LogP contribution is -2.32. The molecule has 0 aliphatic rings. The van der Waals surface area contributed by atoms with Gasteiger partial charge in [0.2, 0.25) is 16.0 Å². The van der Waals surface area contributed by atoms with Gasteiger partial charge in [0.1, 0.15) is 4.90 Å². The van der Waals surface area contributed by atoms with E-state index in [-0.39, 0.29) is 4.90 Å². The molecule has 6 nitrogen and oxygen atoms in total. The maximum Gasteiger partial charge on any atom is 0.246 e. The monoisotopic (exact) mass is 300 g/mol. The summed E-state index contributed by atoms with van der Waals surface area (Å²) >= 11 is 0. The summed E-state index contributed by atoms with van der Waals surface area (Å²) in [5.41, 5.74) is 0. The standard InChI is InChI=1S/C13H24N4O2S/c1-4-7-9-17(6-3)20(18,19)12-10-15-13(16-11-12)14-8-5-2/h10-11H,4-9H2,1-3H3,(H,14,15,16). The molecule has 1 N–H and O–H groups in total. The zero-order chi connectivity index (χ0) is 15.0.